The fraction of sp³-hybridized carbons (Fsp3) is 0.174. The van der Waals surface area contributed by atoms with Gasteiger partial charge >= 0.3 is 6.18 Å². The first-order valence-corrected chi connectivity index (χ1v) is 9.77. The molecule has 0 saturated carbocycles. The molecule has 33 heavy (non-hydrogen) atoms. The number of carbonyl (C=O) groups is 2. The van der Waals surface area contributed by atoms with Crippen molar-refractivity contribution in [2.45, 2.75) is 12.6 Å². The van der Waals surface area contributed by atoms with Crippen LogP contribution in [0, 0.1) is 5.82 Å². The lowest BCUT2D eigenvalue weighted by atomic mass is 10.1. The van der Waals surface area contributed by atoms with Crippen LogP contribution in [0.25, 0.3) is 0 Å². The summed E-state index contributed by atoms with van der Waals surface area (Å²) in [7, 11) is 1.47. The molecule has 0 radical (unpaired) electrons. The van der Waals surface area contributed by atoms with Crippen LogP contribution in [0.3, 0.4) is 0 Å². The second kappa shape index (κ2) is 10.1. The first-order valence-electron chi connectivity index (χ1n) is 9.77. The molecule has 10 heteroatoms. The largest absolute Gasteiger partial charge is 0.457 e. The summed E-state index contributed by atoms with van der Waals surface area (Å²) in [6.45, 7) is -0.00840. The number of benzene rings is 2. The first-order chi connectivity index (χ1) is 15.7. The van der Waals surface area contributed by atoms with Gasteiger partial charge in [0.2, 0.25) is 0 Å². The Labute approximate surface area is 186 Å². The van der Waals surface area contributed by atoms with E-state index in [1.807, 2.05) is 0 Å². The van der Waals surface area contributed by atoms with E-state index in [1.165, 1.54) is 49.6 Å². The molecule has 2 amide bonds. The summed E-state index contributed by atoms with van der Waals surface area (Å²) in [6.07, 6.45) is -3.09. The number of rotatable bonds is 7. The van der Waals surface area contributed by atoms with Crippen molar-refractivity contribution in [2.75, 3.05) is 13.6 Å². The SMILES string of the molecule is CNC(=O)c1cc(Oc2ccc(F)c(CCNC(=O)c3cccc(C(F)(F)F)c3)c2)ccn1. The van der Waals surface area contributed by atoms with Crippen LogP contribution in [0.4, 0.5) is 17.6 Å². The van der Waals surface area contributed by atoms with Gasteiger partial charge in [-0.2, -0.15) is 13.2 Å². The monoisotopic (exact) mass is 461 g/mol. The van der Waals surface area contributed by atoms with Crippen molar-refractivity contribution in [1.29, 1.82) is 0 Å². The van der Waals surface area contributed by atoms with Crippen LogP contribution >= 0.6 is 0 Å². The molecule has 172 valence electrons. The van der Waals surface area contributed by atoms with Crippen LogP contribution in [0.1, 0.15) is 32.0 Å². The van der Waals surface area contributed by atoms with Crippen LogP contribution in [-0.4, -0.2) is 30.4 Å². The van der Waals surface area contributed by atoms with Gasteiger partial charge in [0.1, 0.15) is 23.0 Å². The smallest absolute Gasteiger partial charge is 0.416 e. The lowest BCUT2D eigenvalue weighted by Crippen LogP contribution is -2.26. The average molecular weight is 461 g/mol. The zero-order valence-corrected chi connectivity index (χ0v) is 17.4. The summed E-state index contributed by atoms with van der Waals surface area (Å²) >= 11 is 0. The maximum atomic E-state index is 14.2. The number of nitrogens with zero attached hydrogens (tertiary/aromatic N) is 1. The topological polar surface area (TPSA) is 80.3 Å². The molecule has 3 aromatic rings. The molecule has 3 rings (SSSR count). The molecule has 0 atom stereocenters. The number of hydrogen-bond donors (Lipinski definition) is 2. The van der Waals surface area contributed by atoms with Crippen LogP contribution < -0.4 is 15.4 Å². The van der Waals surface area contributed by atoms with Gasteiger partial charge in [-0.15, -0.1) is 0 Å². The van der Waals surface area contributed by atoms with Crippen molar-refractivity contribution in [1.82, 2.24) is 15.6 Å². The van der Waals surface area contributed by atoms with Crippen molar-refractivity contribution < 1.29 is 31.9 Å². The molecule has 0 fully saturated rings. The lowest BCUT2D eigenvalue weighted by Gasteiger charge is -2.11. The van der Waals surface area contributed by atoms with E-state index in [4.69, 9.17) is 4.74 Å². The van der Waals surface area contributed by atoms with E-state index in [0.29, 0.717) is 11.5 Å². The molecule has 1 heterocycles. The highest BCUT2D eigenvalue weighted by atomic mass is 19.4. The maximum Gasteiger partial charge on any atom is 0.416 e. The number of pyridine rings is 1. The minimum atomic E-state index is -4.56. The van der Waals surface area contributed by atoms with Crippen molar-refractivity contribution >= 4 is 11.8 Å². The number of aromatic nitrogens is 1. The summed E-state index contributed by atoms with van der Waals surface area (Å²) < 4.78 is 58.3. The van der Waals surface area contributed by atoms with Crippen molar-refractivity contribution in [2.24, 2.45) is 0 Å². The molecular weight excluding hydrogens is 442 g/mol. The molecule has 2 aromatic carbocycles. The fourth-order valence-corrected chi connectivity index (χ4v) is 2.92. The molecule has 2 N–H and O–H groups in total. The maximum absolute atomic E-state index is 14.2. The van der Waals surface area contributed by atoms with Crippen molar-refractivity contribution in [3.05, 3.63) is 89.0 Å². The Hall–Kier alpha value is -3.95. The van der Waals surface area contributed by atoms with Gasteiger partial charge in [-0.3, -0.25) is 14.6 Å². The van der Waals surface area contributed by atoms with Crippen molar-refractivity contribution in [3.63, 3.8) is 0 Å². The number of halogens is 4. The van der Waals surface area contributed by atoms with Gasteiger partial charge in [0.15, 0.2) is 0 Å². The first kappa shape index (κ1) is 23.7. The summed E-state index contributed by atoms with van der Waals surface area (Å²) in [6, 6.07) is 11.0. The van der Waals surface area contributed by atoms with E-state index in [-0.39, 0.29) is 29.8 Å². The number of ether oxygens (including phenoxy) is 1. The Morgan fingerprint density at radius 1 is 1.00 bits per heavy atom. The quantitative estimate of drug-likeness (QED) is 0.513. The zero-order valence-electron chi connectivity index (χ0n) is 17.4. The van der Waals surface area contributed by atoms with Gasteiger partial charge in [0.25, 0.3) is 11.8 Å². The Bertz CT molecular complexity index is 1170. The molecule has 1 aromatic heterocycles. The van der Waals surface area contributed by atoms with E-state index in [2.05, 4.69) is 15.6 Å². The normalized spacial score (nSPS) is 11.1. The van der Waals surface area contributed by atoms with Crippen molar-refractivity contribution in [3.8, 4) is 11.5 Å². The molecule has 0 bridgehead atoms. The second-order valence-electron chi connectivity index (χ2n) is 6.90. The third-order valence-corrected chi connectivity index (χ3v) is 4.58. The number of hydrogen-bond acceptors (Lipinski definition) is 4. The van der Waals surface area contributed by atoms with Crippen LogP contribution in [0.2, 0.25) is 0 Å². The highest BCUT2D eigenvalue weighted by Crippen LogP contribution is 2.29. The number of alkyl halides is 3. The summed E-state index contributed by atoms with van der Waals surface area (Å²) in [5, 5.41) is 4.93. The third-order valence-electron chi connectivity index (χ3n) is 4.58. The highest BCUT2D eigenvalue weighted by Gasteiger charge is 2.30. The molecule has 6 nitrogen and oxygen atoms in total. The molecular formula is C23H19F4N3O3. The molecule has 0 aliphatic carbocycles. The molecule has 0 saturated heterocycles. The van der Waals surface area contributed by atoms with Gasteiger partial charge in [0, 0.05) is 31.4 Å². The Morgan fingerprint density at radius 3 is 2.48 bits per heavy atom. The van der Waals surface area contributed by atoms with Gasteiger partial charge in [-0.25, -0.2) is 4.39 Å². The summed E-state index contributed by atoms with van der Waals surface area (Å²) in [5.74, 6) is -1.01. The highest BCUT2D eigenvalue weighted by molar-refractivity contribution is 5.94. The summed E-state index contributed by atoms with van der Waals surface area (Å²) in [5.41, 5.74) is -0.694. The van der Waals surface area contributed by atoms with Crippen LogP contribution in [0.5, 0.6) is 11.5 Å². The molecule has 0 unspecified atom stereocenters. The Kier molecular flexibility index (Phi) is 7.27. The molecule has 0 spiro atoms. The van der Waals surface area contributed by atoms with Gasteiger partial charge in [0.05, 0.1) is 5.56 Å². The van der Waals surface area contributed by atoms with E-state index in [1.54, 1.807) is 0 Å². The predicted octanol–water partition coefficient (Wildman–Crippen LogP) is 4.36. The van der Waals surface area contributed by atoms with Gasteiger partial charge < -0.3 is 15.4 Å². The van der Waals surface area contributed by atoms with Crippen LogP contribution in [0.15, 0.2) is 60.8 Å². The van der Waals surface area contributed by atoms with Gasteiger partial charge in [-0.05, 0) is 54.4 Å². The lowest BCUT2D eigenvalue weighted by molar-refractivity contribution is -0.137. The minimum Gasteiger partial charge on any atom is -0.457 e. The zero-order chi connectivity index (χ0) is 24.0. The van der Waals surface area contributed by atoms with E-state index < -0.39 is 29.4 Å². The second-order valence-corrected chi connectivity index (χ2v) is 6.90. The summed E-state index contributed by atoms with van der Waals surface area (Å²) in [4.78, 5) is 27.8. The third kappa shape index (κ3) is 6.28. The number of amides is 2. The number of nitrogens with one attached hydrogen (secondary N) is 2. The molecule has 0 aliphatic rings. The minimum absolute atomic E-state index is 0.00840. The van der Waals surface area contributed by atoms with E-state index in [9.17, 15) is 27.2 Å². The Morgan fingerprint density at radius 2 is 1.76 bits per heavy atom. The molecule has 0 aliphatic heterocycles. The fourth-order valence-electron chi connectivity index (χ4n) is 2.92. The predicted molar refractivity (Wildman–Crippen MR) is 112 cm³/mol. The number of carbonyl (C=O) groups excluding carboxylic acids is 2. The van der Waals surface area contributed by atoms with Crippen LogP contribution in [-0.2, 0) is 12.6 Å². The standard InChI is InChI=1S/C23H19F4N3O3/c1-28-22(32)20-13-18(8-10-29-20)33-17-5-6-19(24)14(12-17)7-9-30-21(31)15-3-2-4-16(11-15)23(25,26)27/h2-6,8,10-13H,7,9H2,1H3,(H,28,32)(H,30,31). The average Bonchev–Trinajstić information content (AvgIpc) is 2.80. The van der Waals surface area contributed by atoms with Gasteiger partial charge in [-0.1, -0.05) is 6.07 Å². The van der Waals surface area contributed by atoms with E-state index in [0.717, 1.165) is 18.2 Å². The Balaban J connectivity index is 1.64. The van der Waals surface area contributed by atoms with E-state index >= 15 is 0 Å².